The Bertz CT molecular complexity index is 677. The molecule has 0 saturated carbocycles. The molecule has 0 radical (unpaired) electrons. The molecule has 0 aromatic heterocycles. The summed E-state index contributed by atoms with van der Waals surface area (Å²) in [6.07, 6.45) is -0.497. The highest BCUT2D eigenvalue weighted by atomic mass is 16.6. The van der Waals surface area contributed by atoms with Crippen LogP contribution in [0.1, 0.15) is 12.5 Å². The third kappa shape index (κ3) is 2.92. The van der Waals surface area contributed by atoms with Crippen molar-refractivity contribution in [3.63, 3.8) is 0 Å². The number of rotatable bonds is 4. The Hall–Kier alpha value is -2.61. The van der Waals surface area contributed by atoms with Gasteiger partial charge >= 0.3 is 6.09 Å². The fourth-order valence-corrected chi connectivity index (χ4v) is 3.18. The Morgan fingerprint density at radius 3 is 2.83 bits per heavy atom. The summed E-state index contributed by atoms with van der Waals surface area (Å²) in [5.74, 6) is -0.669. The second kappa shape index (κ2) is 6.48. The topological polar surface area (TPSA) is 99.2 Å². The normalized spacial score (nSPS) is 22.3. The molecule has 2 atom stereocenters. The number of amides is 3. The number of para-hydroxylation sites is 1. The predicted octanol–water partition coefficient (Wildman–Crippen LogP) is -0.149. The van der Waals surface area contributed by atoms with Crippen LogP contribution >= 0.6 is 0 Å². The van der Waals surface area contributed by atoms with E-state index in [9.17, 15) is 19.5 Å². The van der Waals surface area contributed by atoms with Crippen LogP contribution in [0, 0.1) is 0 Å². The molecule has 3 rings (SSSR count). The molecule has 3 amide bonds. The third-order valence-corrected chi connectivity index (χ3v) is 4.27. The summed E-state index contributed by atoms with van der Waals surface area (Å²) in [6, 6.07) is 7.07. The maximum absolute atomic E-state index is 12.2. The first kappa shape index (κ1) is 16.3. The van der Waals surface area contributed by atoms with E-state index >= 15 is 0 Å². The molecule has 1 aromatic carbocycles. The highest BCUT2D eigenvalue weighted by Gasteiger charge is 2.44. The van der Waals surface area contributed by atoms with E-state index in [-0.39, 0.29) is 25.2 Å². The zero-order valence-electron chi connectivity index (χ0n) is 13.3. The highest BCUT2D eigenvalue weighted by molar-refractivity contribution is 5.97. The first-order valence-corrected chi connectivity index (χ1v) is 7.72. The van der Waals surface area contributed by atoms with E-state index in [2.05, 4.69) is 5.32 Å². The van der Waals surface area contributed by atoms with Gasteiger partial charge in [0.25, 0.3) is 5.91 Å². The molecule has 2 unspecified atom stereocenters. The first-order valence-electron chi connectivity index (χ1n) is 7.72. The molecular formula is C16H19N3O5. The number of hydrogen-bond donors (Lipinski definition) is 2. The Kier molecular flexibility index (Phi) is 4.39. The van der Waals surface area contributed by atoms with Crippen LogP contribution in [0.2, 0.25) is 0 Å². The number of fused-ring (bicyclic) bond motifs is 1. The molecule has 1 aromatic rings. The van der Waals surface area contributed by atoms with Crippen molar-refractivity contribution in [1.29, 1.82) is 0 Å². The molecular weight excluding hydrogens is 314 g/mol. The van der Waals surface area contributed by atoms with Crippen LogP contribution in [0.5, 0.6) is 0 Å². The SMILES string of the molecule is CC(=O)NCN1CC(C2Cc3ccccc3N2C(=O)CO)OC1=O. The number of aliphatic hydroxyl groups excluding tert-OH is 1. The van der Waals surface area contributed by atoms with Gasteiger partial charge in [-0.1, -0.05) is 18.2 Å². The van der Waals surface area contributed by atoms with Crippen molar-refractivity contribution in [3.8, 4) is 0 Å². The fraction of sp³-hybridized carbons (Fsp3) is 0.438. The number of ether oxygens (including phenoxy) is 1. The van der Waals surface area contributed by atoms with Crippen molar-refractivity contribution < 1.29 is 24.2 Å². The van der Waals surface area contributed by atoms with E-state index < -0.39 is 24.7 Å². The fourth-order valence-electron chi connectivity index (χ4n) is 3.18. The lowest BCUT2D eigenvalue weighted by Crippen LogP contribution is -2.48. The Balaban J connectivity index is 1.78. The summed E-state index contributed by atoms with van der Waals surface area (Å²) in [5, 5.41) is 11.8. The summed E-state index contributed by atoms with van der Waals surface area (Å²) in [4.78, 5) is 38.1. The zero-order chi connectivity index (χ0) is 17.3. The lowest BCUT2D eigenvalue weighted by Gasteiger charge is -2.28. The average molecular weight is 333 g/mol. The number of carbonyl (C=O) groups is 3. The predicted molar refractivity (Wildman–Crippen MR) is 84.2 cm³/mol. The Labute approximate surface area is 139 Å². The van der Waals surface area contributed by atoms with Crippen molar-refractivity contribution >= 4 is 23.6 Å². The minimum Gasteiger partial charge on any atom is -0.442 e. The molecule has 2 aliphatic rings. The Morgan fingerprint density at radius 2 is 2.12 bits per heavy atom. The van der Waals surface area contributed by atoms with Crippen molar-refractivity contribution in [1.82, 2.24) is 10.2 Å². The van der Waals surface area contributed by atoms with Gasteiger partial charge in [-0.2, -0.15) is 0 Å². The zero-order valence-corrected chi connectivity index (χ0v) is 13.3. The summed E-state index contributed by atoms with van der Waals surface area (Å²) in [7, 11) is 0. The van der Waals surface area contributed by atoms with Gasteiger partial charge < -0.3 is 20.1 Å². The summed E-state index contributed by atoms with van der Waals surface area (Å²) in [5.41, 5.74) is 1.71. The molecule has 128 valence electrons. The van der Waals surface area contributed by atoms with Gasteiger partial charge in [0.2, 0.25) is 5.91 Å². The van der Waals surface area contributed by atoms with Gasteiger partial charge in [-0.3, -0.25) is 14.5 Å². The molecule has 2 heterocycles. The average Bonchev–Trinajstić information content (AvgIpc) is 3.12. The van der Waals surface area contributed by atoms with E-state index in [1.165, 1.54) is 16.7 Å². The van der Waals surface area contributed by atoms with Crippen LogP contribution in [-0.4, -0.2) is 59.9 Å². The van der Waals surface area contributed by atoms with E-state index in [1.54, 1.807) is 0 Å². The minimum absolute atomic E-state index is 0.0677. The second-order valence-corrected chi connectivity index (χ2v) is 5.86. The number of cyclic esters (lactones) is 1. The third-order valence-electron chi connectivity index (χ3n) is 4.27. The van der Waals surface area contributed by atoms with Crippen molar-refractivity contribution in [2.75, 3.05) is 24.7 Å². The van der Waals surface area contributed by atoms with Crippen LogP contribution in [0.3, 0.4) is 0 Å². The smallest absolute Gasteiger partial charge is 0.411 e. The van der Waals surface area contributed by atoms with Crippen LogP contribution < -0.4 is 10.2 Å². The van der Waals surface area contributed by atoms with E-state index in [0.717, 1.165) is 11.3 Å². The Morgan fingerprint density at radius 1 is 1.38 bits per heavy atom. The largest absolute Gasteiger partial charge is 0.442 e. The molecule has 8 nitrogen and oxygen atoms in total. The molecule has 0 aliphatic carbocycles. The van der Waals surface area contributed by atoms with Crippen molar-refractivity contribution in [3.05, 3.63) is 29.8 Å². The second-order valence-electron chi connectivity index (χ2n) is 5.86. The van der Waals surface area contributed by atoms with E-state index in [1.807, 2.05) is 24.3 Å². The van der Waals surface area contributed by atoms with Gasteiger partial charge in [-0.25, -0.2) is 4.79 Å². The number of nitrogens with one attached hydrogen (secondary N) is 1. The number of nitrogens with zero attached hydrogens (tertiary/aromatic N) is 2. The van der Waals surface area contributed by atoms with E-state index in [4.69, 9.17) is 4.74 Å². The minimum atomic E-state index is -0.610. The van der Waals surface area contributed by atoms with Crippen LogP contribution in [-0.2, 0) is 20.7 Å². The van der Waals surface area contributed by atoms with Crippen molar-refractivity contribution in [2.24, 2.45) is 0 Å². The first-order chi connectivity index (χ1) is 11.5. The molecule has 2 N–H and O–H groups in total. The highest BCUT2D eigenvalue weighted by Crippen LogP contribution is 2.35. The molecule has 1 saturated heterocycles. The molecule has 0 bridgehead atoms. The number of aliphatic hydroxyl groups is 1. The number of hydrogen-bond acceptors (Lipinski definition) is 5. The van der Waals surface area contributed by atoms with Gasteiger partial charge in [0.05, 0.1) is 19.3 Å². The summed E-state index contributed by atoms with van der Waals surface area (Å²) >= 11 is 0. The van der Waals surface area contributed by atoms with Gasteiger partial charge in [0.1, 0.15) is 12.7 Å². The van der Waals surface area contributed by atoms with Crippen molar-refractivity contribution in [2.45, 2.75) is 25.5 Å². The molecule has 1 fully saturated rings. The van der Waals surface area contributed by atoms with E-state index in [0.29, 0.717) is 6.42 Å². The summed E-state index contributed by atoms with van der Waals surface area (Å²) in [6.45, 7) is 1.10. The lowest BCUT2D eigenvalue weighted by molar-refractivity contribution is -0.122. The molecule has 0 spiro atoms. The van der Waals surface area contributed by atoms with Crippen LogP contribution in [0.4, 0.5) is 10.5 Å². The van der Waals surface area contributed by atoms with Crippen LogP contribution in [0.25, 0.3) is 0 Å². The monoisotopic (exact) mass is 333 g/mol. The van der Waals surface area contributed by atoms with Gasteiger partial charge in [0, 0.05) is 12.6 Å². The molecule has 24 heavy (non-hydrogen) atoms. The summed E-state index contributed by atoms with van der Waals surface area (Å²) < 4.78 is 5.41. The maximum atomic E-state index is 12.2. The quantitative estimate of drug-likeness (QED) is 0.798. The number of benzene rings is 1. The van der Waals surface area contributed by atoms with Gasteiger partial charge in [0.15, 0.2) is 0 Å². The maximum Gasteiger partial charge on any atom is 0.411 e. The van der Waals surface area contributed by atoms with Gasteiger partial charge in [-0.05, 0) is 18.1 Å². The standard InChI is InChI=1S/C16H19N3O5/c1-10(21)17-9-18-7-14(24-16(18)23)13-6-11-4-2-3-5-12(11)19(13)15(22)8-20/h2-5,13-14,20H,6-9H2,1H3,(H,17,21). The van der Waals surface area contributed by atoms with Gasteiger partial charge in [-0.15, -0.1) is 0 Å². The molecule has 2 aliphatic heterocycles. The number of carbonyl (C=O) groups excluding carboxylic acids is 3. The molecule has 8 heteroatoms. The number of anilines is 1. The van der Waals surface area contributed by atoms with Crippen LogP contribution in [0.15, 0.2) is 24.3 Å². The lowest BCUT2D eigenvalue weighted by atomic mass is 10.1.